The summed E-state index contributed by atoms with van der Waals surface area (Å²) in [5.74, 6) is 0. The van der Waals surface area contributed by atoms with Gasteiger partial charge >= 0.3 is 0 Å². The standard InChI is InChI=1S/C12H27NO2/c1-11(6-4-9-14)13-8-5-7-12(2,3)10-15/h11,13-15H,4-10H2,1-3H3. The van der Waals surface area contributed by atoms with E-state index < -0.39 is 0 Å². The van der Waals surface area contributed by atoms with Crippen molar-refractivity contribution < 1.29 is 10.2 Å². The summed E-state index contributed by atoms with van der Waals surface area (Å²) in [6.07, 6.45) is 4.04. The van der Waals surface area contributed by atoms with Crippen LogP contribution in [0.2, 0.25) is 0 Å². The fourth-order valence-corrected chi connectivity index (χ4v) is 1.49. The largest absolute Gasteiger partial charge is 0.396 e. The predicted octanol–water partition coefficient (Wildman–Crippen LogP) is 1.54. The summed E-state index contributed by atoms with van der Waals surface area (Å²) in [4.78, 5) is 0. The molecule has 0 aromatic carbocycles. The molecule has 0 aromatic rings. The third-order valence-electron chi connectivity index (χ3n) is 2.75. The van der Waals surface area contributed by atoms with Crippen molar-refractivity contribution in [3.63, 3.8) is 0 Å². The van der Waals surface area contributed by atoms with Crippen LogP contribution in [0.3, 0.4) is 0 Å². The maximum atomic E-state index is 9.07. The molecule has 3 N–H and O–H groups in total. The van der Waals surface area contributed by atoms with Crippen molar-refractivity contribution in [2.24, 2.45) is 5.41 Å². The Morgan fingerprint density at radius 1 is 1.20 bits per heavy atom. The fourth-order valence-electron chi connectivity index (χ4n) is 1.49. The van der Waals surface area contributed by atoms with Gasteiger partial charge in [0, 0.05) is 19.3 Å². The third-order valence-corrected chi connectivity index (χ3v) is 2.75. The minimum atomic E-state index is 0.0516. The Bertz CT molecular complexity index is 149. The number of hydrogen-bond donors (Lipinski definition) is 3. The highest BCUT2D eigenvalue weighted by Crippen LogP contribution is 2.20. The first kappa shape index (κ1) is 14.9. The minimum Gasteiger partial charge on any atom is -0.396 e. The number of aliphatic hydroxyl groups is 2. The van der Waals surface area contributed by atoms with E-state index in [1.165, 1.54) is 0 Å². The van der Waals surface area contributed by atoms with Crippen LogP contribution >= 0.6 is 0 Å². The van der Waals surface area contributed by atoms with Crippen molar-refractivity contribution in [3.05, 3.63) is 0 Å². The van der Waals surface area contributed by atoms with Gasteiger partial charge in [-0.15, -0.1) is 0 Å². The molecular weight excluding hydrogens is 190 g/mol. The lowest BCUT2D eigenvalue weighted by Crippen LogP contribution is -2.28. The average molecular weight is 217 g/mol. The quantitative estimate of drug-likeness (QED) is 0.513. The number of hydrogen-bond acceptors (Lipinski definition) is 3. The molecule has 0 rings (SSSR count). The molecule has 3 nitrogen and oxygen atoms in total. The topological polar surface area (TPSA) is 52.5 Å². The molecule has 1 atom stereocenters. The Hall–Kier alpha value is -0.120. The normalized spacial score (nSPS) is 14.2. The molecule has 0 fully saturated rings. The van der Waals surface area contributed by atoms with Crippen molar-refractivity contribution in [1.29, 1.82) is 0 Å². The maximum absolute atomic E-state index is 9.07. The van der Waals surface area contributed by atoms with Gasteiger partial charge in [0.2, 0.25) is 0 Å². The van der Waals surface area contributed by atoms with E-state index in [0.29, 0.717) is 6.04 Å². The molecule has 92 valence electrons. The fraction of sp³-hybridized carbons (Fsp3) is 1.00. The van der Waals surface area contributed by atoms with Gasteiger partial charge < -0.3 is 15.5 Å². The van der Waals surface area contributed by atoms with Crippen LogP contribution in [0, 0.1) is 5.41 Å². The van der Waals surface area contributed by atoms with Crippen LogP contribution in [0.25, 0.3) is 0 Å². The number of rotatable bonds is 9. The predicted molar refractivity (Wildman–Crippen MR) is 63.9 cm³/mol. The zero-order valence-corrected chi connectivity index (χ0v) is 10.4. The molecule has 0 radical (unpaired) electrons. The van der Waals surface area contributed by atoms with E-state index in [1.54, 1.807) is 0 Å². The SMILES string of the molecule is CC(CCCO)NCCCC(C)(C)CO. The highest BCUT2D eigenvalue weighted by molar-refractivity contribution is 4.68. The van der Waals surface area contributed by atoms with Gasteiger partial charge in [-0.2, -0.15) is 0 Å². The number of nitrogens with one attached hydrogen (secondary N) is 1. The molecule has 1 unspecified atom stereocenters. The van der Waals surface area contributed by atoms with Crippen LogP contribution in [0.15, 0.2) is 0 Å². The third kappa shape index (κ3) is 8.85. The van der Waals surface area contributed by atoms with Gasteiger partial charge in [-0.25, -0.2) is 0 Å². The van der Waals surface area contributed by atoms with Crippen LogP contribution in [0.1, 0.15) is 46.5 Å². The second-order valence-corrected chi connectivity index (χ2v) is 5.15. The van der Waals surface area contributed by atoms with Gasteiger partial charge in [0.05, 0.1) is 0 Å². The van der Waals surface area contributed by atoms with E-state index in [9.17, 15) is 0 Å². The summed E-state index contributed by atoms with van der Waals surface area (Å²) in [5.41, 5.74) is 0.0516. The van der Waals surface area contributed by atoms with E-state index >= 15 is 0 Å². The van der Waals surface area contributed by atoms with E-state index in [4.69, 9.17) is 10.2 Å². The first-order chi connectivity index (χ1) is 7.02. The van der Waals surface area contributed by atoms with E-state index in [-0.39, 0.29) is 18.6 Å². The summed E-state index contributed by atoms with van der Waals surface area (Å²) in [5, 5.41) is 21.2. The minimum absolute atomic E-state index is 0.0516. The highest BCUT2D eigenvalue weighted by atomic mass is 16.3. The second-order valence-electron chi connectivity index (χ2n) is 5.15. The van der Waals surface area contributed by atoms with Gasteiger partial charge in [-0.05, 0) is 44.6 Å². The molecule has 0 aliphatic carbocycles. The maximum Gasteiger partial charge on any atom is 0.0482 e. The molecule has 0 aliphatic heterocycles. The van der Waals surface area contributed by atoms with Crippen LogP contribution in [0.5, 0.6) is 0 Å². The van der Waals surface area contributed by atoms with E-state index in [2.05, 4.69) is 26.1 Å². The molecule has 0 heterocycles. The molecule has 0 amide bonds. The van der Waals surface area contributed by atoms with E-state index in [1.807, 2.05) is 0 Å². The first-order valence-electron chi connectivity index (χ1n) is 5.97. The Morgan fingerprint density at radius 3 is 2.40 bits per heavy atom. The molecule has 0 aromatic heterocycles. The monoisotopic (exact) mass is 217 g/mol. The summed E-state index contributed by atoms with van der Waals surface area (Å²) < 4.78 is 0. The Kier molecular flexibility index (Phi) is 8.02. The summed E-state index contributed by atoms with van der Waals surface area (Å²) in [6.45, 7) is 7.85. The summed E-state index contributed by atoms with van der Waals surface area (Å²) >= 11 is 0. The molecular formula is C12H27NO2. The summed E-state index contributed by atoms with van der Waals surface area (Å²) in [6, 6.07) is 0.481. The zero-order valence-electron chi connectivity index (χ0n) is 10.4. The summed E-state index contributed by atoms with van der Waals surface area (Å²) in [7, 11) is 0. The highest BCUT2D eigenvalue weighted by Gasteiger charge is 2.15. The molecule has 0 aliphatic rings. The lowest BCUT2D eigenvalue weighted by molar-refractivity contribution is 0.147. The average Bonchev–Trinajstić information content (AvgIpc) is 2.21. The molecule has 0 saturated heterocycles. The van der Waals surface area contributed by atoms with Crippen LogP contribution in [0.4, 0.5) is 0 Å². The van der Waals surface area contributed by atoms with E-state index in [0.717, 1.165) is 32.2 Å². The lowest BCUT2D eigenvalue weighted by Gasteiger charge is -2.22. The molecule has 0 spiro atoms. The Labute approximate surface area is 93.9 Å². The van der Waals surface area contributed by atoms with Crippen molar-refractivity contribution in [2.75, 3.05) is 19.8 Å². The van der Waals surface area contributed by atoms with Gasteiger partial charge in [-0.1, -0.05) is 13.8 Å². The molecule has 0 saturated carbocycles. The molecule has 3 heteroatoms. The van der Waals surface area contributed by atoms with Gasteiger partial charge in [0.15, 0.2) is 0 Å². The lowest BCUT2D eigenvalue weighted by atomic mass is 9.89. The van der Waals surface area contributed by atoms with Crippen LogP contribution < -0.4 is 5.32 Å². The van der Waals surface area contributed by atoms with Crippen molar-refractivity contribution in [2.45, 2.75) is 52.5 Å². The van der Waals surface area contributed by atoms with Gasteiger partial charge in [0.25, 0.3) is 0 Å². The number of aliphatic hydroxyl groups excluding tert-OH is 2. The zero-order chi connectivity index (χ0) is 11.7. The van der Waals surface area contributed by atoms with Crippen molar-refractivity contribution in [3.8, 4) is 0 Å². The molecule has 15 heavy (non-hydrogen) atoms. The van der Waals surface area contributed by atoms with Gasteiger partial charge in [-0.3, -0.25) is 0 Å². The smallest absolute Gasteiger partial charge is 0.0482 e. The van der Waals surface area contributed by atoms with Crippen molar-refractivity contribution >= 4 is 0 Å². The Balaban J connectivity index is 3.37. The second kappa shape index (κ2) is 8.08. The van der Waals surface area contributed by atoms with Gasteiger partial charge in [0.1, 0.15) is 0 Å². The van der Waals surface area contributed by atoms with Crippen LogP contribution in [-0.2, 0) is 0 Å². The molecule has 0 bridgehead atoms. The first-order valence-corrected chi connectivity index (χ1v) is 5.97. The van der Waals surface area contributed by atoms with Crippen LogP contribution in [-0.4, -0.2) is 36.0 Å². The Morgan fingerprint density at radius 2 is 1.87 bits per heavy atom. The van der Waals surface area contributed by atoms with Crippen molar-refractivity contribution in [1.82, 2.24) is 5.32 Å².